The highest BCUT2D eigenvalue weighted by atomic mass is 16.5. The van der Waals surface area contributed by atoms with Crippen LogP contribution >= 0.6 is 0 Å². The Morgan fingerprint density at radius 3 is 2.70 bits per heavy atom. The maximum atomic E-state index is 11.0. The molecule has 3 rings (SSSR count). The number of phenolic OH excluding ortho intramolecular Hbond substituents is 1. The Kier molecular flexibility index (Phi) is 4.58. The maximum absolute atomic E-state index is 11.0. The minimum absolute atomic E-state index is 0.0751. The van der Waals surface area contributed by atoms with Crippen LogP contribution in [0.3, 0.4) is 0 Å². The van der Waals surface area contributed by atoms with Crippen molar-refractivity contribution in [3.05, 3.63) is 47.0 Å². The monoisotopic (exact) mass is 312 g/mol. The van der Waals surface area contributed by atoms with Gasteiger partial charge in [0.05, 0.1) is 13.2 Å². The Hall–Kier alpha value is -2.00. The summed E-state index contributed by atoms with van der Waals surface area (Å²) in [6.07, 6.45) is 3.53. The molecule has 0 heterocycles. The number of rotatable bonds is 4. The summed E-state index contributed by atoms with van der Waals surface area (Å²) in [5.41, 5.74) is 5.13. The molecule has 1 atom stereocenters. The average Bonchev–Trinajstić information content (AvgIpc) is 2.74. The van der Waals surface area contributed by atoms with E-state index in [2.05, 4.69) is 25.1 Å². The lowest BCUT2D eigenvalue weighted by Gasteiger charge is -2.22. The molecule has 0 amide bonds. The number of fused-ring (bicyclic) bond motifs is 3. The van der Waals surface area contributed by atoms with E-state index in [-0.39, 0.29) is 6.10 Å². The average molecular weight is 312 g/mol. The molecule has 3 heteroatoms. The number of benzene rings is 2. The molecule has 0 fully saturated rings. The van der Waals surface area contributed by atoms with Gasteiger partial charge in [-0.05, 0) is 42.0 Å². The molecule has 0 saturated carbocycles. The van der Waals surface area contributed by atoms with Gasteiger partial charge in [0.25, 0.3) is 0 Å². The molecule has 0 saturated heterocycles. The van der Waals surface area contributed by atoms with E-state index < -0.39 is 0 Å². The molecule has 1 N–H and O–H groups in total. The van der Waals surface area contributed by atoms with Crippen LogP contribution in [0.1, 0.15) is 42.6 Å². The van der Waals surface area contributed by atoms with Gasteiger partial charge in [-0.3, -0.25) is 0 Å². The zero-order chi connectivity index (χ0) is 16.4. The van der Waals surface area contributed by atoms with Crippen LogP contribution in [0.5, 0.6) is 11.5 Å². The van der Waals surface area contributed by atoms with Crippen molar-refractivity contribution in [1.82, 2.24) is 0 Å². The molecular weight excluding hydrogens is 288 g/mol. The fraction of sp³-hybridized carbons (Fsp3) is 0.400. The van der Waals surface area contributed by atoms with Crippen molar-refractivity contribution in [3.8, 4) is 22.6 Å². The summed E-state index contributed by atoms with van der Waals surface area (Å²) in [5, 5.41) is 11.0. The van der Waals surface area contributed by atoms with E-state index in [0.717, 1.165) is 53.7 Å². The number of hydrogen-bond donors (Lipinski definition) is 1. The van der Waals surface area contributed by atoms with Crippen molar-refractivity contribution in [2.75, 3.05) is 14.2 Å². The minimum Gasteiger partial charge on any atom is -0.507 e. The largest absolute Gasteiger partial charge is 0.507 e. The molecule has 1 aliphatic carbocycles. The van der Waals surface area contributed by atoms with Gasteiger partial charge in [0.2, 0.25) is 0 Å². The minimum atomic E-state index is -0.0751. The first kappa shape index (κ1) is 15.9. The van der Waals surface area contributed by atoms with Gasteiger partial charge in [0.15, 0.2) is 0 Å². The van der Waals surface area contributed by atoms with Gasteiger partial charge in [-0.15, -0.1) is 0 Å². The Morgan fingerprint density at radius 1 is 1.22 bits per heavy atom. The molecule has 2 aromatic carbocycles. The van der Waals surface area contributed by atoms with Gasteiger partial charge in [-0.2, -0.15) is 0 Å². The van der Waals surface area contributed by atoms with Crippen LogP contribution in [0.25, 0.3) is 11.1 Å². The van der Waals surface area contributed by atoms with E-state index in [0.29, 0.717) is 5.75 Å². The molecule has 0 bridgehead atoms. The molecule has 0 radical (unpaired) electrons. The zero-order valence-corrected chi connectivity index (χ0v) is 14.1. The Bertz CT molecular complexity index is 706. The van der Waals surface area contributed by atoms with Crippen molar-refractivity contribution in [3.63, 3.8) is 0 Å². The highest BCUT2D eigenvalue weighted by molar-refractivity contribution is 5.81. The van der Waals surface area contributed by atoms with Gasteiger partial charge >= 0.3 is 0 Å². The Labute approximate surface area is 137 Å². The second-order valence-corrected chi connectivity index (χ2v) is 6.05. The first-order valence-corrected chi connectivity index (χ1v) is 8.25. The van der Waals surface area contributed by atoms with Crippen molar-refractivity contribution in [2.45, 2.75) is 38.7 Å². The number of phenols is 1. The molecule has 0 aromatic heterocycles. The molecule has 122 valence electrons. The SMILES string of the molecule is CCCc1cc(OC)c2c(c1O)-c1ccccc1CCC2OC. The lowest BCUT2D eigenvalue weighted by molar-refractivity contribution is 0.0946. The van der Waals surface area contributed by atoms with E-state index >= 15 is 0 Å². The quantitative estimate of drug-likeness (QED) is 0.893. The lowest BCUT2D eigenvalue weighted by Crippen LogP contribution is -2.06. The number of aromatic hydroxyl groups is 1. The van der Waals surface area contributed by atoms with Crippen LogP contribution in [0, 0.1) is 0 Å². The molecule has 2 aromatic rings. The van der Waals surface area contributed by atoms with Crippen molar-refractivity contribution >= 4 is 0 Å². The molecule has 23 heavy (non-hydrogen) atoms. The number of aryl methyl sites for hydroxylation is 2. The van der Waals surface area contributed by atoms with Crippen LogP contribution < -0.4 is 4.74 Å². The Balaban J connectivity index is 2.35. The zero-order valence-electron chi connectivity index (χ0n) is 14.1. The van der Waals surface area contributed by atoms with Crippen LogP contribution in [-0.2, 0) is 17.6 Å². The maximum Gasteiger partial charge on any atom is 0.127 e. The molecule has 0 aliphatic heterocycles. The van der Waals surface area contributed by atoms with E-state index in [9.17, 15) is 5.11 Å². The van der Waals surface area contributed by atoms with Gasteiger partial charge < -0.3 is 14.6 Å². The fourth-order valence-corrected chi connectivity index (χ4v) is 3.59. The molecular formula is C20H24O3. The molecule has 1 unspecified atom stereocenters. The van der Waals surface area contributed by atoms with Crippen LogP contribution in [0.4, 0.5) is 0 Å². The van der Waals surface area contributed by atoms with E-state index in [4.69, 9.17) is 9.47 Å². The summed E-state index contributed by atoms with van der Waals surface area (Å²) in [6, 6.07) is 10.3. The lowest BCUT2D eigenvalue weighted by atomic mass is 9.91. The smallest absolute Gasteiger partial charge is 0.127 e. The van der Waals surface area contributed by atoms with Crippen molar-refractivity contribution in [2.24, 2.45) is 0 Å². The third kappa shape index (κ3) is 2.70. The first-order chi connectivity index (χ1) is 11.2. The summed E-state index contributed by atoms with van der Waals surface area (Å²) in [5.74, 6) is 1.18. The highest BCUT2D eigenvalue weighted by Crippen LogP contribution is 2.49. The predicted molar refractivity (Wildman–Crippen MR) is 92.2 cm³/mol. The third-order valence-corrected chi connectivity index (χ3v) is 4.69. The van der Waals surface area contributed by atoms with Gasteiger partial charge in [-0.25, -0.2) is 0 Å². The number of ether oxygens (including phenoxy) is 2. The summed E-state index contributed by atoms with van der Waals surface area (Å²) >= 11 is 0. The van der Waals surface area contributed by atoms with Crippen LogP contribution in [0.15, 0.2) is 30.3 Å². The predicted octanol–water partition coefficient (Wildman–Crippen LogP) is 4.65. The summed E-state index contributed by atoms with van der Waals surface area (Å²) in [4.78, 5) is 0. The highest BCUT2D eigenvalue weighted by Gasteiger charge is 2.29. The van der Waals surface area contributed by atoms with E-state index in [1.54, 1.807) is 14.2 Å². The van der Waals surface area contributed by atoms with Crippen LogP contribution in [0.2, 0.25) is 0 Å². The molecule has 1 aliphatic rings. The van der Waals surface area contributed by atoms with Gasteiger partial charge in [-0.1, -0.05) is 37.6 Å². The van der Waals surface area contributed by atoms with Crippen molar-refractivity contribution in [1.29, 1.82) is 0 Å². The fourth-order valence-electron chi connectivity index (χ4n) is 3.59. The van der Waals surface area contributed by atoms with Gasteiger partial charge in [0, 0.05) is 18.2 Å². The number of methoxy groups -OCH3 is 2. The standard InChI is InChI=1S/C20H24O3/c1-4-7-14-12-17(23-3)19-16(22-2)11-10-13-8-5-6-9-15(13)18(19)20(14)21/h5-6,8-9,12,16,21H,4,7,10-11H2,1-3H3. The third-order valence-electron chi connectivity index (χ3n) is 4.69. The Morgan fingerprint density at radius 2 is 2.00 bits per heavy atom. The van der Waals surface area contributed by atoms with Crippen LogP contribution in [-0.4, -0.2) is 19.3 Å². The molecule has 3 nitrogen and oxygen atoms in total. The first-order valence-electron chi connectivity index (χ1n) is 8.25. The number of hydrogen-bond acceptors (Lipinski definition) is 3. The topological polar surface area (TPSA) is 38.7 Å². The normalized spacial score (nSPS) is 16.4. The van der Waals surface area contributed by atoms with E-state index in [1.165, 1.54) is 5.56 Å². The summed E-state index contributed by atoms with van der Waals surface area (Å²) in [6.45, 7) is 2.11. The summed E-state index contributed by atoms with van der Waals surface area (Å²) < 4.78 is 11.4. The van der Waals surface area contributed by atoms with Gasteiger partial charge in [0.1, 0.15) is 11.5 Å². The summed E-state index contributed by atoms with van der Waals surface area (Å²) in [7, 11) is 3.41. The molecule has 0 spiro atoms. The second kappa shape index (κ2) is 6.63. The second-order valence-electron chi connectivity index (χ2n) is 6.05. The van der Waals surface area contributed by atoms with E-state index in [1.807, 2.05) is 12.1 Å². The van der Waals surface area contributed by atoms with Crippen molar-refractivity contribution < 1.29 is 14.6 Å².